The predicted molar refractivity (Wildman–Crippen MR) is 163 cm³/mol. The molecule has 232 valence electrons. The molecule has 5 rings (SSSR count). The summed E-state index contributed by atoms with van der Waals surface area (Å²) in [4.78, 5) is 37.8. The molecular formula is C30H30BrF3N6O4. The van der Waals surface area contributed by atoms with Gasteiger partial charge in [0.25, 0.3) is 5.91 Å². The number of alkyl halides is 3. The molecule has 1 aliphatic carbocycles. The number of fused-ring (bicyclic) bond motifs is 1. The first-order valence-corrected chi connectivity index (χ1v) is 14.4. The first-order chi connectivity index (χ1) is 20.9. The number of nitrogens with one attached hydrogen (secondary N) is 2. The molecular weight excluding hydrogens is 645 g/mol. The molecule has 0 atom stereocenters. The van der Waals surface area contributed by atoms with E-state index in [1.165, 1.54) is 0 Å². The quantitative estimate of drug-likeness (QED) is 0.203. The number of aliphatic carboxylic acids is 1. The van der Waals surface area contributed by atoms with Crippen LogP contribution in [0.5, 0.6) is 11.6 Å². The number of aromatic nitrogens is 3. The second kappa shape index (κ2) is 14.3. The Bertz CT molecular complexity index is 1600. The third-order valence-corrected chi connectivity index (χ3v) is 7.22. The number of para-hydroxylation sites is 1. The van der Waals surface area contributed by atoms with E-state index in [4.69, 9.17) is 24.6 Å². The van der Waals surface area contributed by atoms with Crippen LogP contribution >= 0.6 is 15.9 Å². The molecule has 10 nitrogen and oxygen atoms in total. The van der Waals surface area contributed by atoms with Gasteiger partial charge in [-0.1, -0.05) is 28.1 Å². The number of carbonyl (C=O) groups is 2. The fourth-order valence-electron chi connectivity index (χ4n) is 4.55. The maximum atomic E-state index is 13.1. The highest BCUT2D eigenvalue weighted by atomic mass is 79.9. The number of benzene rings is 2. The summed E-state index contributed by atoms with van der Waals surface area (Å²) < 4.78 is 38.6. The first kappa shape index (κ1) is 32.5. The molecule has 0 aliphatic heterocycles. The molecule has 2 aromatic heterocycles. The van der Waals surface area contributed by atoms with E-state index in [9.17, 15) is 18.0 Å². The van der Waals surface area contributed by atoms with E-state index in [1.54, 1.807) is 18.3 Å². The zero-order valence-electron chi connectivity index (χ0n) is 23.8. The van der Waals surface area contributed by atoms with Crippen LogP contribution in [-0.2, 0) is 4.79 Å². The molecule has 1 amide bonds. The Morgan fingerprint density at radius 3 is 2.23 bits per heavy atom. The molecule has 0 spiro atoms. The molecule has 3 N–H and O–H groups in total. The van der Waals surface area contributed by atoms with Crippen molar-refractivity contribution in [3.63, 3.8) is 0 Å². The van der Waals surface area contributed by atoms with Gasteiger partial charge < -0.3 is 25.4 Å². The first-order valence-electron chi connectivity index (χ1n) is 13.6. The molecule has 0 unspecified atom stereocenters. The molecule has 44 heavy (non-hydrogen) atoms. The molecule has 14 heteroatoms. The van der Waals surface area contributed by atoms with Crippen molar-refractivity contribution in [2.75, 3.05) is 24.3 Å². The van der Waals surface area contributed by atoms with Gasteiger partial charge in [-0.25, -0.2) is 14.8 Å². The van der Waals surface area contributed by atoms with E-state index >= 15 is 0 Å². The lowest BCUT2D eigenvalue weighted by atomic mass is 9.91. The van der Waals surface area contributed by atoms with Gasteiger partial charge in [-0.3, -0.25) is 4.79 Å². The summed E-state index contributed by atoms with van der Waals surface area (Å²) in [7, 11) is 3.98. The summed E-state index contributed by atoms with van der Waals surface area (Å²) in [6, 6.07) is 19.3. The SMILES string of the molecule is CN(C)c1nc(NC2CCC(NC(=O)c3cccnc3Oc3ccc(Br)cc3)CC2)nc2ccccc12.O=C(O)C(F)(F)F. The number of pyridine rings is 1. The number of ether oxygens (including phenoxy) is 1. The number of rotatable bonds is 7. The maximum absolute atomic E-state index is 13.1. The standard InChI is InChI=1S/C28H29BrN6O2.C2HF3O2/c1-35(2)25-22-6-3-4-8-24(22)33-28(34-25)32-20-13-11-19(12-14-20)31-26(36)23-7-5-17-30-27(23)37-21-15-9-18(29)10-16-21;3-2(4,5)1(6)7/h3-10,15-17,19-20H,11-14H2,1-2H3,(H,31,36)(H,32,33,34);(H,6,7). The van der Waals surface area contributed by atoms with Crippen molar-refractivity contribution in [1.29, 1.82) is 0 Å². The Balaban J connectivity index is 0.000000566. The number of hydrogen-bond donors (Lipinski definition) is 3. The van der Waals surface area contributed by atoms with Crippen molar-refractivity contribution in [2.45, 2.75) is 43.9 Å². The maximum Gasteiger partial charge on any atom is 0.490 e. The van der Waals surface area contributed by atoms with Gasteiger partial charge >= 0.3 is 12.1 Å². The Hall–Kier alpha value is -4.46. The minimum absolute atomic E-state index is 0.0844. The van der Waals surface area contributed by atoms with Crippen molar-refractivity contribution >= 4 is 50.5 Å². The molecule has 0 saturated heterocycles. The van der Waals surface area contributed by atoms with Gasteiger partial charge in [0.15, 0.2) is 0 Å². The lowest BCUT2D eigenvalue weighted by Crippen LogP contribution is -2.40. The van der Waals surface area contributed by atoms with E-state index in [0.29, 0.717) is 23.1 Å². The molecule has 1 saturated carbocycles. The lowest BCUT2D eigenvalue weighted by Gasteiger charge is -2.30. The number of amides is 1. The van der Waals surface area contributed by atoms with Crippen molar-refractivity contribution in [1.82, 2.24) is 20.3 Å². The zero-order valence-corrected chi connectivity index (χ0v) is 25.4. The van der Waals surface area contributed by atoms with Crippen LogP contribution in [0.2, 0.25) is 0 Å². The van der Waals surface area contributed by atoms with Crippen LogP contribution in [0.25, 0.3) is 10.9 Å². The van der Waals surface area contributed by atoms with Crippen LogP contribution in [0.1, 0.15) is 36.0 Å². The predicted octanol–water partition coefficient (Wildman–Crippen LogP) is 6.43. The van der Waals surface area contributed by atoms with Gasteiger partial charge in [0.05, 0.1) is 5.52 Å². The number of hydrogen-bond acceptors (Lipinski definition) is 8. The molecule has 4 aromatic rings. The van der Waals surface area contributed by atoms with Gasteiger partial charge in [-0.2, -0.15) is 18.2 Å². The fraction of sp³-hybridized carbons (Fsp3) is 0.300. The topological polar surface area (TPSA) is 130 Å². The summed E-state index contributed by atoms with van der Waals surface area (Å²) >= 11 is 3.42. The number of carboxylic acid groups (broad SMARTS) is 1. The van der Waals surface area contributed by atoms with Gasteiger partial charge in [-0.15, -0.1) is 0 Å². The normalized spacial score (nSPS) is 16.3. The highest BCUT2D eigenvalue weighted by molar-refractivity contribution is 9.10. The number of halogens is 4. The molecule has 0 bridgehead atoms. The van der Waals surface area contributed by atoms with E-state index in [0.717, 1.165) is 46.9 Å². The zero-order chi connectivity index (χ0) is 31.9. The number of carbonyl (C=O) groups excluding carboxylic acids is 1. The average Bonchev–Trinajstić information content (AvgIpc) is 2.99. The van der Waals surface area contributed by atoms with Crippen LogP contribution < -0.4 is 20.3 Å². The van der Waals surface area contributed by atoms with Gasteiger partial charge in [-0.05, 0) is 74.2 Å². The highest BCUT2D eigenvalue weighted by Crippen LogP contribution is 2.28. The number of carboxylic acids is 1. The molecule has 2 aromatic carbocycles. The minimum atomic E-state index is -5.08. The fourth-order valence-corrected chi connectivity index (χ4v) is 4.82. The number of anilines is 2. The molecule has 1 aliphatic rings. The lowest BCUT2D eigenvalue weighted by molar-refractivity contribution is -0.192. The molecule has 1 fully saturated rings. The third kappa shape index (κ3) is 8.78. The van der Waals surface area contributed by atoms with Crippen LogP contribution in [0.4, 0.5) is 24.9 Å². The van der Waals surface area contributed by atoms with E-state index in [1.807, 2.05) is 67.5 Å². The van der Waals surface area contributed by atoms with Crippen LogP contribution in [-0.4, -0.2) is 64.3 Å². The van der Waals surface area contributed by atoms with Crippen molar-refractivity contribution in [3.05, 3.63) is 76.9 Å². The van der Waals surface area contributed by atoms with Crippen LogP contribution in [0.3, 0.4) is 0 Å². The average molecular weight is 676 g/mol. The van der Waals surface area contributed by atoms with Crippen molar-refractivity contribution in [2.24, 2.45) is 0 Å². The van der Waals surface area contributed by atoms with Crippen molar-refractivity contribution < 1.29 is 32.6 Å². The number of nitrogens with zero attached hydrogens (tertiary/aromatic N) is 4. The van der Waals surface area contributed by atoms with E-state index < -0.39 is 12.1 Å². The van der Waals surface area contributed by atoms with Gasteiger partial charge in [0, 0.05) is 42.2 Å². The van der Waals surface area contributed by atoms with Gasteiger partial charge in [0.1, 0.15) is 17.1 Å². The summed E-state index contributed by atoms with van der Waals surface area (Å²) in [6.07, 6.45) is 0.0846. The molecule has 2 heterocycles. The van der Waals surface area contributed by atoms with Gasteiger partial charge in [0.2, 0.25) is 11.8 Å². The molecule has 0 radical (unpaired) electrons. The summed E-state index contributed by atoms with van der Waals surface area (Å²) in [5, 5.41) is 14.8. The Morgan fingerprint density at radius 1 is 0.955 bits per heavy atom. The third-order valence-electron chi connectivity index (χ3n) is 6.69. The largest absolute Gasteiger partial charge is 0.490 e. The Labute approximate surface area is 259 Å². The summed E-state index contributed by atoms with van der Waals surface area (Å²) in [5.74, 6) is -0.483. The monoisotopic (exact) mass is 674 g/mol. The Kier molecular flexibility index (Phi) is 10.6. The second-order valence-electron chi connectivity index (χ2n) is 10.2. The van der Waals surface area contributed by atoms with Crippen molar-refractivity contribution in [3.8, 4) is 11.6 Å². The summed E-state index contributed by atoms with van der Waals surface area (Å²) in [6.45, 7) is 0. The second-order valence-corrected chi connectivity index (χ2v) is 11.1. The Morgan fingerprint density at radius 2 is 1.59 bits per heavy atom. The van der Waals surface area contributed by atoms with Crippen LogP contribution in [0.15, 0.2) is 71.3 Å². The van der Waals surface area contributed by atoms with E-state index in [-0.39, 0.29) is 18.0 Å². The minimum Gasteiger partial charge on any atom is -0.475 e. The summed E-state index contributed by atoms with van der Waals surface area (Å²) in [5.41, 5.74) is 1.34. The van der Waals surface area contributed by atoms with E-state index in [2.05, 4.69) is 31.5 Å². The van der Waals surface area contributed by atoms with Crippen LogP contribution in [0, 0.1) is 0 Å². The smallest absolute Gasteiger partial charge is 0.475 e. The highest BCUT2D eigenvalue weighted by Gasteiger charge is 2.38.